The number of rotatable bonds is 7. The first-order valence-corrected chi connectivity index (χ1v) is 25.3. The van der Waals surface area contributed by atoms with Crippen LogP contribution in [0.25, 0.3) is 93.9 Å². The first-order chi connectivity index (χ1) is 36.2. The van der Waals surface area contributed by atoms with Crippen LogP contribution in [0.15, 0.2) is 279 Å². The van der Waals surface area contributed by atoms with Crippen LogP contribution in [-0.4, -0.2) is 4.57 Å². The Kier molecular flexibility index (Phi) is 9.21. The van der Waals surface area contributed by atoms with Crippen LogP contribution in [0.5, 0.6) is 0 Å². The summed E-state index contributed by atoms with van der Waals surface area (Å²) < 4.78 is 2.38. The maximum atomic E-state index is 2.49. The highest BCUT2D eigenvalue weighted by Gasteiger charge is 2.51. The number of fused-ring (bicyclic) bond motifs is 14. The molecule has 340 valence electrons. The lowest BCUT2D eigenvalue weighted by Crippen LogP contribution is -2.26. The molecule has 2 nitrogen and oxygen atoms in total. The van der Waals surface area contributed by atoms with E-state index in [4.69, 9.17) is 0 Å². The van der Waals surface area contributed by atoms with E-state index in [1.807, 2.05) is 0 Å². The number of aromatic nitrogens is 1. The quantitative estimate of drug-likeness (QED) is 0.155. The minimum atomic E-state index is -0.448. The number of para-hydroxylation sites is 2. The van der Waals surface area contributed by atoms with Gasteiger partial charge in [0.2, 0.25) is 0 Å². The van der Waals surface area contributed by atoms with E-state index in [1.165, 1.54) is 116 Å². The predicted molar refractivity (Wildman–Crippen MR) is 306 cm³/mol. The molecule has 13 aromatic rings. The molecule has 1 heterocycles. The van der Waals surface area contributed by atoms with Crippen molar-refractivity contribution in [3.05, 3.63) is 301 Å². The van der Waals surface area contributed by atoms with Gasteiger partial charge in [-0.15, -0.1) is 0 Å². The second-order valence-corrected chi connectivity index (χ2v) is 19.6. The largest absolute Gasteiger partial charge is 0.310 e. The molecule has 2 heteroatoms. The summed E-state index contributed by atoms with van der Waals surface area (Å²) in [5.41, 5.74) is 24.2. The molecule has 12 aromatic carbocycles. The van der Waals surface area contributed by atoms with Gasteiger partial charge in [-0.2, -0.15) is 0 Å². The molecule has 1 spiro atoms. The zero-order chi connectivity index (χ0) is 48.0. The van der Waals surface area contributed by atoms with E-state index >= 15 is 0 Å². The third-order valence-electron chi connectivity index (χ3n) is 15.8. The first kappa shape index (κ1) is 41.3. The number of hydrogen-bond acceptors (Lipinski definition) is 1. The lowest BCUT2D eigenvalue weighted by Gasteiger charge is -2.32. The van der Waals surface area contributed by atoms with E-state index in [0.29, 0.717) is 0 Å². The van der Waals surface area contributed by atoms with Gasteiger partial charge in [-0.3, -0.25) is 0 Å². The maximum Gasteiger partial charge on any atom is 0.0726 e. The molecular weight excluding hydrogens is 881 g/mol. The molecule has 0 unspecified atom stereocenters. The standard InChI is InChI=1S/C71H46N2/c1-3-16-47(17-4-1)51-30-31-53-44-57(38-34-52(53)43-51)72(58-39-40-62-61-24-9-13-28-67(61)71(68(62)46-58)65-26-11-7-22-59(65)60-23-8-12-27-66(60)71)56-36-32-48(33-37-56)49-18-15-19-50(42-49)54-35-41-70-64(45-54)63-25-10-14-29-69(63)73(70)55-20-5-2-6-21-55/h1-46H. The van der Waals surface area contributed by atoms with Gasteiger partial charge in [0.1, 0.15) is 0 Å². The van der Waals surface area contributed by atoms with Crippen molar-refractivity contribution >= 4 is 49.6 Å². The van der Waals surface area contributed by atoms with Crippen molar-refractivity contribution in [1.29, 1.82) is 0 Å². The van der Waals surface area contributed by atoms with Gasteiger partial charge in [-0.25, -0.2) is 0 Å². The summed E-state index contributed by atoms with van der Waals surface area (Å²) in [6.07, 6.45) is 0. The number of anilines is 3. The Bertz CT molecular complexity index is 4250. The number of nitrogens with zero attached hydrogens (tertiary/aromatic N) is 2. The van der Waals surface area contributed by atoms with Gasteiger partial charge >= 0.3 is 0 Å². The fourth-order valence-corrected chi connectivity index (χ4v) is 12.5. The summed E-state index contributed by atoms with van der Waals surface area (Å²) in [7, 11) is 0. The average molecular weight is 927 g/mol. The van der Waals surface area contributed by atoms with Gasteiger partial charge in [0.15, 0.2) is 0 Å². The minimum absolute atomic E-state index is 0.448. The third-order valence-corrected chi connectivity index (χ3v) is 15.8. The van der Waals surface area contributed by atoms with Gasteiger partial charge in [0, 0.05) is 33.5 Å². The first-order valence-electron chi connectivity index (χ1n) is 25.3. The van der Waals surface area contributed by atoms with E-state index in [1.54, 1.807) is 0 Å². The van der Waals surface area contributed by atoms with Crippen LogP contribution < -0.4 is 4.90 Å². The monoisotopic (exact) mass is 926 g/mol. The lowest BCUT2D eigenvalue weighted by molar-refractivity contribution is 0.793. The molecule has 1 aromatic heterocycles. The molecule has 0 N–H and O–H groups in total. The van der Waals surface area contributed by atoms with Crippen molar-refractivity contribution in [2.24, 2.45) is 0 Å². The van der Waals surface area contributed by atoms with Crippen molar-refractivity contribution in [2.75, 3.05) is 4.90 Å². The van der Waals surface area contributed by atoms with Crippen LogP contribution in [0.1, 0.15) is 22.3 Å². The highest BCUT2D eigenvalue weighted by Crippen LogP contribution is 2.63. The molecule has 0 saturated carbocycles. The summed E-state index contributed by atoms with van der Waals surface area (Å²) in [6, 6.07) is 103. The van der Waals surface area contributed by atoms with E-state index in [-0.39, 0.29) is 0 Å². The highest BCUT2D eigenvalue weighted by atomic mass is 15.1. The molecule has 0 radical (unpaired) electrons. The molecule has 0 atom stereocenters. The Labute approximate surface area is 425 Å². The van der Waals surface area contributed by atoms with Crippen molar-refractivity contribution in [3.8, 4) is 61.3 Å². The van der Waals surface area contributed by atoms with Crippen LogP contribution in [0.3, 0.4) is 0 Å². The molecule has 2 aliphatic rings. The normalized spacial score (nSPS) is 12.8. The van der Waals surface area contributed by atoms with Gasteiger partial charge in [0.25, 0.3) is 0 Å². The van der Waals surface area contributed by atoms with Crippen molar-refractivity contribution in [1.82, 2.24) is 4.57 Å². The van der Waals surface area contributed by atoms with Gasteiger partial charge in [-0.05, 0) is 168 Å². The van der Waals surface area contributed by atoms with Gasteiger partial charge in [0.05, 0.1) is 16.4 Å². The van der Waals surface area contributed by atoms with E-state index in [2.05, 4.69) is 289 Å². The summed E-state index contributed by atoms with van der Waals surface area (Å²) in [4.78, 5) is 2.45. The zero-order valence-electron chi connectivity index (χ0n) is 40.0. The summed E-state index contributed by atoms with van der Waals surface area (Å²) in [5.74, 6) is 0. The predicted octanol–water partition coefficient (Wildman–Crippen LogP) is 18.8. The Hall–Kier alpha value is -9.50. The summed E-state index contributed by atoms with van der Waals surface area (Å²) in [6.45, 7) is 0. The Morgan fingerprint density at radius 2 is 0.726 bits per heavy atom. The average Bonchev–Trinajstić information content (AvgIpc) is 4.16. The third kappa shape index (κ3) is 6.30. The lowest BCUT2D eigenvalue weighted by atomic mass is 9.70. The highest BCUT2D eigenvalue weighted by molar-refractivity contribution is 6.10. The zero-order valence-corrected chi connectivity index (χ0v) is 40.0. The Morgan fingerprint density at radius 3 is 1.45 bits per heavy atom. The smallest absolute Gasteiger partial charge is 0.0726 e. The maximum absolute atomic E-state index is 2.49. The van der Waals surface area contributed by atoms with Crippen LogP contribution in [0, 0.1) is 0 Å². The van der Waals surface area contributed by atoms with Crippen molar-refractivity contribution < 1.29 is 0 Å². The summed E-state index contributed by atoms with van der Waals surface area (Å²) >= 11 is 0. The van der Waals surface area contributed by atoms with E-state index in [9.17, 15) is 0 Å². The Morgan fingerprint density at radius 1 is 0.260 bits per heavy atom. The minimum Gasteiger partial charge on any atom is -0.310 e. The van der Waals surface area contributed by atoms with Crippen LogP contribution in [-0.2, 0) is 5.41 Å². The van der Waals surface area contributed by atoms with E-state index in [0.717, 1.165) is 17.1 Å². The van der Waals surface area contributed by atoms with Crippen LogP contribution in [0.4, 0.5) is 17.1 Å². The molecule has 0 amide bonds. The number of benzene rings is 12. The number of hydrogen-bond donors (Lipinski definition) is 0. The SMILES string of the molecule is c1ccc(-c2ccc3cc(N(c4ccc(-c5cccc(-c6ccc7c(c6)c6ccccc6n7-c6ccccc6)c5)cc4)c4ccc5c(c4)C4(c6ccccc6-c6ccccc64)c4ccccc4-5)ccc3c2)cc1. The van der Waals surface area contributed by atoms with Gasteiger partial charge < -0.3 is 9.47 Å². The van der Waals surface area contributed by atoms with Gasteiger partial charge in [-0.1, -0.05) is 200 Å². The van der Waals surface area contributed by atoms with Crippen LogP contribution in [0.2, 0.25) is 0 Å². The van der Waals surface area contributed by atoms with Crippen LogP contribution >= 0.6 is 0 Å². The Balaban J connectivity index is 0.857. The second-order valence-electron chi connectivity index (χ2n) is 19.6. The molecule has 15 rings (SSSR count). The molecule has 0 bridgehead atoms. The van der Waals surface area contributed by atoms with E-state index < -0.39 is 5.41 Å². The topological polar surface area (TPSA) is 8.17 Å². The molecule has 0 aliphatic heterocycles. The fraction of sp³-hybridized carbons (Fsp3) is 0.0141. The molecule has 0 saturated heterocycles. The van der Waals surface area contributed by atoms with Crippen molar-refractivity contribution in [3.63, 3.8) is 0 Å². The van der Waals surface area contributed by atoms with Crippen molar-refractivity contribution in [2.45, 2.75) is 5.41 Å². The summed E-state index contributed by atoms with van der Waals surface area (Å²) in [5, 5.41) is 4.91. The molecular formula is C71H46N2. The second kappa shape index (κ2) is 16.3. The molecule has 73 heavy (non-hydrogen) atoms. The molecule has 2 aliphatic carbocycles. The molecule has 0 fully saturated rings. The fourth-order valence-electron chi connectivity index (χ4n) is 12.5.